The fourth-order valence-corrected chi connectivity index (χ4v) is 2.62. The number of esters is 1. The zero-order valence-corrected chi connectivity index (χ0v) is 14.1. The first-order valence-electron chi connectivity index (χ1n) is 7.94. The molecule has 0 radical (unpaired) electrons. The molecule has 0 saturated carbocycles. The molecule has 2 rings (SSSR count). The first-order valence-corrected chi connectivity index (χ1v) is 7.94. The molecule has 0 amide bonds. The van der Waals surface area contributed by atoms with Gasteiger partial charge in [0, 0.05) is 12.6 Å². The fourth-order valence-electron chi connectivity index (χ4n) is 2.62. The van der Waals surface area contributed by atoms with Crippen molar-refractivity contribution in [3.8, 4) is 0 Å². The van der Waals surface area contributed by atoms with Gasteiger partial charge >= 0.3 is 5.97 Å². The quantitative estimate of drug-likeness (QED) is 0.635. The summed E-state index contributed by atoms with van der Waals surface area (Å²) in [7, 11) is 0. The zero-order chi connectivity index (χ0) is 16.9. The number of carbonyl (C=O) groups excluding carboxylic acids is 1. The van der Waals surface area contributed by atoms with Crippen molar-refractivity contribution in [2.24, 2.45) is 0 Å². The minimum absolute atomic E-state index is 0.103. The number of carbonyl (C=O) groups is 1. The number of nitrogens with one attached hydrogen (secondary N) is 1. The topological polar surface area (TPSA) is 38.3 Å². The zero-order valence-electron chi connectivity index (χ0n) is 14.1. The molecule has 1 atom stereocenters. The minimum Gasteiger partial charge on any atom is -0.460 e. The molecule has 0 saturated heterocycles. The number of fused-ring (bicyclic) bond motifs is 1. The van der Waals surface area contributed by atoms with Crippen LogP contribution in [0.2, 0.25) is 0 Å². The second-order valence-electron chi connectivity index (χ2n) is 6.61. The van der Waals surface area contributed by atoms with Crippen molar-refractivity contribution < 1.29 is 9.53 Å². The van der Waals surface area contributed by atoms with Crippen LogP contribution in [-0.2, 0) is 9.53 Å². The largest absolute Gasteiger partial charge is 0.460 e. The van der Waals surface area contributed by atoms with Gasteiger partial charge < -0.3 is 10.1 Å². The highest BCUT2D eigenvalue weighted by molar-refractivity contribution is 5.86. The van der Waals surface area contributed by atoms with Crippen LogP contribution in [0.3, 0.4) is 0 Å². The van der Waals surface area contributed by atoms with Crippen LogP contribution in [0.15, 0.2) is 55.1 Å². The molecule has 23 heavy (non-hydrogen) atoms. The molecule has 0 unspecified atom stereocenters. The predicted molar refractivity (Wildman–Crippen MR) is 95.4 cm³/mol. The molecule has 122 valence electrons. The summed E-state index contributed by atoms with van der Waals surface area (Å²) >= 11 is 0. The van der Waals surface area contributed by atoms with E-state index in [2.05, 4.69) is 36.2 Å². The Kier molecular flexibility index (Phi) is 5.56. The average Bonchev–Trinajstić information content (AvgIpc) is 2.49. The highest BCUT2D eigenvalue weighted by Crippen LogP contribution is 2.27. The summed E-state index contributed by atoms with van der Waals surface area (Å²) in [5.41, 5.74) is 0.634. The normalized spacial score (nSPS) is 12.8. The molecule has 0 aliphatic carbocycles. The van der Waals surface area contributed by atoms with Crippen LogP contribution in [0, 0.1) is 0 Å². The Bertz CT molecular complexity index is 680. The highest BCUT2D eigenvalue weighted by atomic mass is 16.6. The SMILES string of the molecule is C=CCN[C@H](CC(=O)OC(C)(C)C)c1cccc2ccccc12. The van der Waals surface area contributed by atoms with Gasteiger partial charge in [0.05, 0.1) is 6.42 Å². The number of benzene rings is 2. The van der Waals surface area contributed by atoms with Crippen molar-refractivity contribution in [2.75, 3.05) is 6.54 Å². The van der Waals surface area contributed by atoms with Gasteiger partial charge in [0.25, 0.3) is 0 Å². The van der Waals surface area contributed by atoms with Gasteiger partial charge in [-0.15, -0.1) is 6.58 Å². The lowest BCUT2D eigenvalue weighted by molar-refractivity contribution is -0.155. The standard InChI is InChI=1S/C20H25NO2/c1-5-13-21-18(14-19(22)23-20(2,3)4)17-12-8-10-15-9-6-7-11-16(15)17/h5-12,18,21H,1,13-14H2,2-4H3/t18-/m1/s1. The van der Waals surface area contributed by atoms with Gasteiger partial charge in [-0.25, -0.2) is 0 Å². The van der Waals surface area contributed by atoms with Crippen LogP contribution in [0.4, 0.5) is 0 Å². The Balaban J connectivity index is 2.30. The van der Waals surface area contributed by atoms with E-state index >= 15 is 0 Å². The van der Waals surface area contributed by atoms with Gasteiger partial charge in [-0.2, -0.15) is 0 Å². The summed E-state index contributed by atoms with van der Waals surface area (Å²) in [6, 6.07) is 14.3. The molecular weight excluding hydrogens is 286 g/mol. The maximum atomic E-state index is 12.3. The van der Waals surface area contributed by atoms with E-state index in [1.165, 1.54) is 5.39 Å². The molecule has 0 aliphatic rings. The van der Waals surface area contributed by atoms with E-state index in [1.807, 2.05) is 39.0 Å². The predicted octanol–water partition coefficient (Wildman–Crippen LogP) is 4.39. The molecular formula is C20H25NO2. The third-order valence-corrected chi connectivity index (χ3v) is 3.50. The van der Waals surface area contributed by atoms with E-state index in [0.717, 1.165) is 10.9 Å². The minimum atomic E-state index is -0.473. The van der Waals surface area contributed by atoms with Crippen molar-refractivity contribution >= 4 is 16.7 Å². The lowest BCUT2D eigenvalue weighted by Gasteiger charge is -2.23. The van der Waals surface area contributed by atoms with E-state index in [-0.39, 0.29) is 12.0 Å². The molecule has 2 aromatic rings. The summed E-state index contributed by atoms with van der Waals surface area (Å²) in [6.07, 6.45) is 2.09. The highest BCUT2D eigenvalue weighted by Gasteiger charge is 2.22. The molecule has 3 nitrogen and oxygen atoms in total. The first kappa shape index (κ1) is 17.2. The summed E-state index contributed by atoms with van der Waals surface area (Å²) in [5, 5.41) is 5.69. The molecule has 3 heteroatoms. The third kappa shape index (κ3) is 4.93. The van der Waals surface area contributed by atoms with E-state index in [1.54, 1.807) is 6.08 Å². The van der Waals surface area contributed by atoms with Crippen molar-refractivity contribution in [2.45, 2.75) is 38.8 Å². The second-order valence-corrected chi connectivity index (χ2v) is 6.61. The molecule has 0 heterocycles. The summed E-state index contributed by atoms with van der Waals surface area (Å²) in [4.78, 5) is 12.3. The van der Waals surface area contributed by atoms with Gasteiger partial charge in [0.1, 0.15) is 5.60 Å². The van der Waals surface area contributed by atoms with E-state index in [4.69, 9.17) is 4.74 Å². The van der Waals surface area contributed by atoms with Crippen LogP contribution >= 0.6 is 0 Å². The van der Waals surface area contributed by atoms with Gasteiger partial charge in [-0.1, -0.05) is 48.5 Å². The molecule has 0 aromatic heterocycles. The number of hydrogen-bond acceptors (Lipinski definition) is 3. The van der Waals surface area contributed by atoms with E-state index < -0.39 is 5.60 Å². The van der Waals surface area contributed by atoms with Crippen molar-refractivity contribution in [3.63, 3.8) is 0 Å². The molecule has 0 fully saturated rings. The van der Waals surface area contributed by atoms with Crippen molar-refractivity contribution in [3.05, 3.63) is 60.7 Å². The van der Waals surface area contributed by atoms with E-state index in [0.29, 0.717) is 13.0 Å². The van der Waals surface area contributed by atoms with Crippen LogP contribution in [0.1, 0.15) is 38.8 Å². The molecule has 1 N–H and O–H groups in total. The number of ether oxygens (including phenoxy) is 1. The van der Waals surface area contributed by atoms with Crippen molar-refractivity contribution in [1.82, 2.24) is 5.32 Å². The Morgan fingerprint density at radius 3 is 2.61 bits per heavy atom. The molecule has 0 aliphatic heterocycles. The summed E-state index contributed by atoms with van der Waals surface area (Å²) < 4.78 is 5.48. The molecule has 0 spiro atoms. The summed E-state index contributed by atoms with van der Waals surface area (Å²) in [6.45, 7) is 10.0. The van der Waals surface area contributed by atoms with E-state index in [9.17, 15) is 4.79 Å². The monoisotopic (exact) mass is 311 g/mol. The Morgan fingerprint density at radius 1 is 1.22 bits per heavy atom. The van der Waals surface area contributed by atoms with Crippen LogP contribution in [0.5, 0.6) is 0 Å². The second kappa shape index (κ2) is 7.42. The van der Waals surface area contributed by atoms with Crippen LogP contribution < -0.4 is 5.32 Å². The third-order valence-electron chi connectivity index (χ3n) is 3.50. The van der Waals surface area contributed by atoms with Gasteiger partial charge in [0.15, 0.2) is 0 Å². The fraction of sp³-hybridized carbons (Fsp3) is 0.350. The van der Waals surface area contributed by atoms with Crippen LogP contribution in [-0.4, -0.2) is 18.1 Å². The maximum Gasteiger partial charge on any atom is 0.308 e. The van der Waals surface area contributed by atoms with Crippen molar-refractivity contribution in [1.29, 1.82) is 0 Å². The smallest absolute Gasteiger partial charge is 0.308 e. The Morgan fingerprint density at radius 2 is 1.91 bits per heavy atom. The molecule has 0 bridgehead atoms. The van der Waals surface area contributed by atoms with Gasteiger partial charge in [0.2, 0.25) is 0 Å². The molecule has 2 aromatic carbocycles. The van der Waals surface area contributed by atoms with Crippen LogP contribution in [0.25, 0.3) is 10.8 Å². The number of hydrogen-bond donors (Lipinski definition) is 1. The summed E-state index contributed by atoms with van der Waals surface area (Å²) in [5.74, 6) is -0.202. The number of rotatable bonds is 6. The average molecular weight is 311 g/mol. The van der Waals surface area contributed by atoms with Gasteiger partial charge in [-0.05, 0) is 37.1 Å². The van der Waals surface area contributed by atoms with Gasteiger partial charge in [-0.3, -0.25) is 4.79 Å². The first-order chi connectivity index (χ1) is 10.9. The maximum absolute atomic E-state index is 12.3. The lowest BCUT2D eigenvalue weighted by atomic mass is 9.96. The Hall–Kier alpha value is -2.13. The lowest BCUT2D eigenvalue weighted by Crippen LogP contribution is -2.29. The Labute approximate surface area is 138 Å².